The van der Waals surface area contributed by atoms with E-state index in [1.54, 1.807) is 17.0 Å². The molecule has 0 aromatic heterocycles. The summed E-state index contributed by atoms with van der Waals surface area (Å²) in [6.07, 6.45) is 1.05. The lowest BCUT2D eigenvalue weighted by atomic mass is 10.0. The number of urea groups is 1. The zero-order chi connectivity index (χ0) is 28.7. The smallest absolute Gasteiger partial charge is 0.318 e. The Bertz CT molecular complexity index is 1200. The molecule has 212 valence electrons. The third kappa shape index (κ3) is 10.9. The lowest BCUT2D eigenvalue weighted by molar-refractivity contribution is -0.123. The van der Waals surface area contributed by atoms with Gasteiger partial charge >= 0.3 is 6.03 Å². The van der Waals surface area contributed by atoms with Gasteiger partial charge in [-0.1, -0.05) is 102 Å². The van der Waals surface area contributed by atoms with Crippen molar-refractivity contribution in [3.8, 4) is 0 Å². The average Bonchev–Trinajstić information content (AvgIpc) is 2.96. The molecule has 0 aliphatic heterocycles. The monoisotopic (exact) mass is 560 g/mol. The van der Waals surface area contributed by atoms with Crippen LogP contribution in [0.4, 0.5) is 4.79 Å². The second-order valence-corrected chi connectivity index (χ2v) is 11.1. The molecule has 8 heteroatoms. The summed E-state index contributed by atoms with van der Waals surface area (Å²) in [5, 5.41) is 5.93. The van der Waals surface area contributed by atoms with E-state index in [2.05, 4.69) is 10.6 Å². The predicted octanol–water partition coefficient (Wildman–Crippen LogP) is 4.41. The molecule has 0 radical (unpaired) electrons. The molecule has 0 heterocycles. The second-order valence-electron chi connectivity index (χ2n) is 10.0. The number of nitrogens with one attached hydrogen (secondary N) is 2. The molecule has 3 rings (SSSR count). The van der Waals surface area contributed by atoms with Crippen LogP contribution in [0.15, 0.2) is 84.9 Å². The minimum atomic E-state index is -0.727. The summed E-state index contributed by atoms with van der Waals surface area (Å²) < 4.78 is 0. The molecule has 0 spiro atoms. The fourth-order valence-corrected chi connectivity index (χ4v) is 4.86. The van der Waals surface area contributed by atoms with Gasteiger partial charge in [-0.25, -0.2) is 4.79 Å². The minimum absolute atomic E-state index is 0.0264. The van der Waals surface area contributed by atoms with Crippen LogP contribution in [0.1, 0.15) is 27.0 Å². The fourth-order valence-electron chi connectivity index (χ4n) is 4.07. The number of hydrogen-bond acceptors (Lipinski definition) is 5. The first-order valence-corrected chi connectivity index (χ1v) is 14.6. The average molecular weight is 561 g/mol. The number of benzene rings is 3. The molecule has 0 unspecified atom stereocenters. The molecule has 2 N–H and O–H groups in total. The molecule has 3 aromatic carbocycles. The number of aryl methyl sites for hydroxylation is 1. The van der Waals surface area contributed by atoms with E-state index in [-0.39, 0.29) is 17.1 Å². The lowest BCUT2D eigenvalue weighted by Crippen LogP contribution is -2.53. The van der Waals surface area contributed by atoms with Crippen molar-refractivity contribution < 1.29 is 14.4 Å². The molecule has 0 saturated carbocycles. The molecule has 3 amide bonds. The molecule has 0 aliphatic rings. The van der Waals surface area contributed by atoms with Crippen molar-refractivity contribution in [3.63, 3.8) is 0 Å². The van der Waals surface area contributed by atoms with Gasteiger partial charge in [0.05, 0.1) is 0 Å². The number of carbonyl (C=O) groups is 3. The van der Waals surface area contributed by atoms with Gasteiger partial charge < -0.3 is 20.4 Å². The Hall–Kier alpha value is -3.62. The minimum Gasteiger partial charge on any atom is -0.353 e. The fraction of sp³-hybridized carbons (Fsp3) is 0.344. The van der Waals surface area contributed by atoms with Gasteiger partial charge in [-0.2, -0.15) is 0 Å². The summed E-state index contributed by atoms with van der Waals surface area (Å²) in [6, 6.07) is 26.1. The van der Waals surface area contributed by atoms with E-state index >= 15 is 0 Å². The molecular weight excluding hydrogens is 520 g/mol. The Morgan fingerprint density at radius 1 is 0.800 bits per heavy atom. The van der Waals surface area contributed by atoms with Crippen molar-refractivity contribution in [2.24, 2.45) is 0 Å². The Morgan fingerprint density at radius 2 is 1.45 bits per heavy atom. The van der Waals surface area contributed by atoms with Crippen molar-refractivity contribution in [2.75, 3.05) is 46.0 Å². The van der Waals surface area contributed by atoms with Crippen molar-refractivity contribution in [3.05, 3.63) is 107 Å². The van der Waals surface area contributed by atoms with Crippen LogP contribution in [-0.4, -0.2) is 78.9 Å². The van der Waals surface area contributed by atoms with E-state index in [1.165, 1.54) is 11.8 Å². The van der Waals surface area contributed by atoms with Gasteiger partial charge in [0, 0.05) is 43.9 Å². The van der Waals surface area contributed by atoms with Crippen LogP contribution in [-0.2, 0) is 17.6 Å². The van der Waals surface area contributed by atoms with E-state index in [0.717, 1.165) is 16.7 Å². The van der Waals surface area contributed by atoms with Gasteiger partial charge in [0.25, 0.3) is 0 Å². The molecule has 0 aliphatic carbocycles. The van der Waals surface area contributed by atoms with E-state index in [0.29, 0.717) is 50.3 Å². The maximum absolute atomic E-state index is 13.6. The Labute approximate surface area is 242 Å². The van der Waals surface area contributed by atoms with Gasteiger partial charge in [-0.3, -0.25) is 9.59 Å². The molecule has 0 fully saturated rings. The molecule has 7 nitrogen and oxygen atoms in total. The van der Waals surface area contributed by atoms with Crippen LogP contribution < -0.4 is 10.6 Å². The zero-order valence-corrected chi connectivity index (χ0v) is 24.5. The van der Waals surface area contributed by atoms with Gasteiger partial charge in [0.1, 0.15) is 6.04 Å². The first kappa shape index (κ1) is 30.9. The molecule has 40 heavy (non-hydrogen) atoms. The summed E-state index contributed by atoms with van der Waals surface area (Å²) in [5.74, 6) is 0.237. The van der Waals surface area contributed by atoms with E-state index in [1.807, 2.05) is 98.7 Å². The summed E-state index contributed by atoms with van der Waals surface area (Å²) in [7, 11) is 3.89. The lowest BCUT2D eigenvalue weighted by Gasteiger charge is -2.26. The largest absolute Gasteiger partial charge is 0.353 e. The van der Waals surface area contributed by atoms with Crippen LogP contribution in [0.25, 0.3) is 0 Å². The van der Waals surface area contributed by atoms with Gasteiger partial charge in [0.2, 0.25) is 11.0 Å². The maximum atomic E-state index is 13.6. The zero-order valence-electron chi connectivity index (χ0n) is 23.6. The highest BCUT2D eigenvalue weighted by Crippen LogP contribution is 2.13. The van der Waals surface area contributed by atoms with Crippen LogP contribution in [0, 0.1) is 6.92 Å². The number of thioether (sulfide) groups is 1. The highest BCUT2D eigenvalue weighted by molar-refractivity contribution is 8.14. The number of nitrogens with zero attached hydrogens (tertiary/aromatic N) is 2. The van der Waals surface area contributed by atoms with E-state index in [4.69, 9.17) is 0 Å². The Balaban J connectivity index is 1.69. The van der Waals surface area contributed by atoms with Crippen molar-refractivity contribution >= 4 is 28.8 Å². The summed E-state index contributed by atoms with van der Waals surface area (Å²) >= 11 is 1.20. The van der Waals surface area contributed by atoms with Gasteiger partial charge in [-0.15, -0.1) is 0 Å². The van der Waals surface area contributed by atoms with Crippen LogP contribution in [0.3, 0.4) is 0 Å². The summed E-state index contributed by atoms with van der Waals surface area (Å²) in [5.41, 5.74) is 3.86. The third-order valence-corrected chi connectivity index (χ3v) is 7.32. The highest BCUT2D eigenvalue weighted by atomic mass is 32.2. The summed E-state index contributed by atoms with van der Waals surface area (Å²) in [4.78, 5) is 43.1. The first-order chi connectivity index (χ1) is 19.3. The number of amides is 3. The van der Waals surface area contributed by atoms with Crippen molar-refractivity contribution in [1.29, 1.82) is 0 Å². The highest BCUT2D eigenvalue weighted by Gasteiger charge is 2.24. The normalized spacial score (nSPS) is 11.6. The predicted molar refractivity (Wildman–Crippen MR) is 164 cm³/mol. The summed E-state index contributed by atoms with van der Waals surface area (Å²) in [6.45, 7) is 4.05. The van der Waals surface area contributed by atoms with E-state index in [9.17, 15) is 14.4 Å². The molecular formula is C32H40N4O3S. The third-order valence-electron chi connectivity index (χ3n) is 6.44. The maximum Gasteiger partial charge on any atom is 0.318 e. The number of likely N-dealkylation sites (N-methyl/N-ethyl adjacent to an activating group) is 1. The van der Waals surface area contributed by atoms with Crippen molar-refractivity contribution in [1.82, 2.24) is 20.4 Å². The standard InChI is InChI=1S/C32H40N4O3S/c1-25-14-16-27(17-15-25)24-29(30(37)33-19-21-35(2)3)34-32(39)36(20-18-26-10-6-4-7-11-26)22-23-40-31(38)28-12-8-5-9-13-28/h4-17,29H,18-24H2,1-3H3,(H,33,37)(H,34,39)/t29-/m0/s1. The Morgan fingerprint density at radius 3 is 2.10 bits per heavy atom. The van der Waals surface area contributed by atoms with Gasteiger partial charge in [0.15, 0.2) is 0 Å². The quantitative estimate of drug-likeness (QED) is 0.305. The first-order valence-electron chi connectivity index (χ1n) is 13.6. The van der Waals surface area contributed by atoms with E-state index < -0.39 is 6.04 Å². The van der Waals surface area contributed by atoms with Crippen molar-refractivity contribution in [2.45, 2.75) is 25.8 Å². The number of rotatable bonds is 14. The van der Waals surface area contributed by atoms with Gasteiger partial charge in [-0.05, 0) is 38.6 Å². The number of carbonyl (C=O) groups excluding carboxylic acids is 3. The molecule has 1 atom stereocenters. The second kappa shape index (κ2) is 16.5. The van der Waals surface area contributed by atoms with Crippen LogP contribution in [0.2, 0.25) is 0 Å². The molecule has 3 aromatic rings. The molecule has 0 saturated heterocycles. The topological polar surface area (TPSA) is 81.8 Å². The molecule has 0 bridgehead atoms. The SMILES string of the molecule is Cc1ccc(C[C@H](NC(=O)N(CCSC(=O)c2ccccc2)CCc2ccccc2)C(=O)NCCN(C)C)cc1. The number of hydrogen-bond donors (Lipinski definition) is 2. The van der Waals surface area contributed by atoms with Crippen LogP contribution in [0.5, 0.6) is 0 Å². The van der Waals surface area contributed by atoms with Crippen LogP contribution >= 0.6 is 11.8 Å². The Kier molecular flexibility index (Phi) is 12.7.